The fourth-order valence-electron chi connectivity index (χ4n) is 2.02. The molecule has 0 fully saturated rings. The molecule has 0 spiro atoms. The Kier molecular flexibility index (Phi) is 5.42. The summed E-state index contributed by atoms with van der Waals surface area (Å²) in [6.07, 6.45) is 4.95. The van der Waals surface area contributed by atoms with Crippen molar-refractivity contribution in [2.24, 2.45) is 11.7 Å². The van der Waals surface area contributed by atoms with Crippen molar-refractivity contribution in [1.82, 2.24) is 14.9 Å². The summed E-state index contributed by atoms with van der Waals surface area (Å²) in [4.78, 5) is 22.6. The lowest BCUT2D eigenvalue weighted by molar-refractivity contribution is -0.137. The van der Waals surface area contributed by atoms with Gasteiger partial charge in [0.05, 0.1) is 24.0 Å². The zero-order valence-corrected chi connectivity index (χ0v) is 12.4. The molecule has 1 rings (SSSR count). The number of carbonyl (C=O) groups excluding carboxylic acids is 1. The Morgan fingerprint density at radius 1 is 1.21 bits per heavy atom. The fourth-order valence-corrected chi connectivity index (χ4v) is 2.02. The van der Waals surface area contributed by atoms with Crippen LogP contribution in [0.2, 0.25) is 0 Å². The number of nitrogens with two attached hydrogens (primary N) is 1. The first-order chi connectivity index (χ1) is 8.86. The van der Waals surface area contributed by atoms with Crippen molar-refractivity contribution in [2.45, 2.75) is 52.7 Å². The van der Waals surface area contributed by atoms with Gasteiger partial charge >= 0.3 is 0 Å². The highest BCUT2D eigenvalue weighted by Gasteiger charge is 2.30. The number of aromatic nitrogens is 2. The maximum absolute atomic E-state index is 12.5. The Morgan fingerprint density at radius 2 is 1.84 bits per heavy atom. The molecule has 1 aromatic heterocycles. The monoisotopic (exact) mass is 264 g/mol. The van der Waals surface area contributed by atoms with Crippen LogP contribution in [-0.2, 0) is 4.79 Å². The van der Waals surface area contributed by atoms with Gasteiger partial charge in [0.15, 0.2) is 0 Å². The quantitative estimate of drug-likeness (QED) is 0.879. The van der Waals surface area contributed by atoms with Crippen LogP contribution in [0.5, 0.6) is 0 Å². The van der Waals surface area contributed by atoms with Gasteiger partial charge in [-0.15, -0.1) is 0 Å². The first-order valence-electron chi connectivity index (χ1n) is 6.70. The lowest BCUT2D eigenvalue weighted by Gasteiger charge is -2.35. The summed E-state index contributed by atoms with van der Waals surface area (Å²) in [6, 6.07) is -0.554. The summed E-state index contributed by atoms with van der Waals surface area (Å²) in [5, 5.41) is 0. The SMILES string of the molecule is CC(C)C(N)C(=O)N(C(C)C)C(C)c1cnccn1. The van der Waals surface area contributed by atoms with Gasteiger partial charge in [-0.2, -0.15) is 0 Å². The summed E-state index contributed by atoms with van der Waals surface area (Å²) >= 11 is 0. The minimum Gasteiger partial charge on any atom is -0.331 e. The second kappa shape index (κ2) is 6.61. The number of nitrogens with zero attached hydrogens (tertiary/aromatic N) is 3. The second-order valence-electron chi connectivity index (χ2n) is 5.42. The molecule has 0 saturated carbocycles. The molecule has 0 aliphatic carbocycles. The molecule has 2 atom stereocenters. The Balaban J connectivity index is 2.98. The minimum absolute atomic E-state index is 0.0387. The van der Waals surface area contributed by atoms with Gasteiger partial charge in [0.1, 0.15) is 0 Å². The average molecular weight is 264 g/mol. The first-order valence-corrected chi connectivity index (χ1v) is 6.70. The van der Waals surface area contributed by atoms with Gasteiger partial charge in [-0.25, -0.2) is 0 Å². The number of carbonyl (C=O) groups is 1. The van der Waals surface area contributed by atoms with Gasteiger partial charge in [0, 0.05) is 18.4 Å². The van der Waals surface area contributed by atoms with Crippen LogP contribution >= 0.6 is 0 Å². The van der Waals surface area contributed by atoms with Crippen LogP contribution in [0.3, 0.4) is 0 Å². The van der Waals surface area contributed by atoms with Gasteiger partial charge in [-0.05, 0) is 26.7 Å². The van der Waals surface area contributed by atoms with Crippen LogP contribution in [0, 0.1) is 5.92 Å². The van der Waals surface area contributed by atoms with Crippen LogP contribution in [-0.4, -0.2) is 32.9 Å². The van der Waals surface area contributed by atoms with E-state index in [1.807, 2.05) is 34.6 Å². The number of amides is 1. The van der Waals surface area contributed by atoms with Crippen LogP contribution in [0.25, 0.3) is 0 Å². The van der Waals surface area contributed by atoms with Crippen molar-refractivity contribution in [1.29, 1.82) is 0 Å². The average Bonchev–Trinajstić information content (AvgIpc) is 2.38. The van der Waals surface area contributed by atoms with Crippen LogP contribution < -0.4 is 5.73 Å². The molecule has 1 amide bonds. The Bertz CT molecular complexity index is 405. The Labute approximate surface area is 115 Å². The van der Waals surface area contributed by atoms with Crippen molar-refractivity contribution in [2.75, 3.05) is 0 Å². The van der Waals surface area contributed by atoms with Crippen LogP contribution in [0.4, 0.5) is 0 Å². The topological polar surface area (TPSA) is 72.1 Å². The smallest absolute Gasteiger partial charge is 0.240 e. The van der Waals surface area contributed by atoms with Crippen molar-refractivity contribution in [3.05, 3.63) is 24.3 Å². The molecule has 19 heavy (non-hydrogen) atoms. The van der Waals surface area contributed by atoms with E-state index in [1.54, 1.807) is 23.5 Å². The van der Waals surface area contributed by atoms with Crippen molar-refractivity contribution >= 4 is 5.91 Å². The van der Waals surface area contributed by atoms with Gasteiger partial charge in [-0.3, -0.25) is 14.8 Å². The maximum atomic E-state index is 12.5. The van der Waals surface area contributed by atoms with Crippen LogP contribution in [0.15, 0.2) is 18.6 Å². The largest absolute Gasteiger partial charge is 0.331 e. The zero-order chi connectivity index (χ0) is 14.6. The molecule has 1 aromatic rings. The van der Waals surface area contributed by atoms with Gasteiger partial charge < -0.3 is 10.6 Å². The molecule has 0 bridgehead atoms. The number of hydrogen-bond acceptors (Lipinski definition) is 4. The molecular weight excluding hydrogens is 240 g/mol. The summed E-state index contributed by atoms with van der Waals surface area (Å²) in [7, 11) is 0. The first kappa shape index (κ1) is 15.6. The van der Waals surface area contributed by atoms with Crippen molar-refractivity contribution in [3.8, 4) is 0 Å². The summed E-state index contributed by atoms with van der Waals surface area (Å²) < 4.78 is 0. The molecular formula is C14H24N4O. The predicted octanol–water partition coefficient (Wildman–Crippen LogP) is 1.76. The normalized spacial score (nSPS) is 14.5. The van der Waals surface area contributed by atoms with E-state index in [1.165, 1.54) is 0 Å². The fraction of sp³-hybridized carbons (Fsp3) is 0.643. The summed E-state index contributed by atoms with van der Waals surface area (Å²) in [6.45, 7) is 9.83. The molecule has 5 heteroatoms. The summed E-state index contributed by atoms with van der Waals surface area (Å²) in [5.74, 6) is 0.0750. The summed E-state index contributed by atoms with van der Waals surface area (Å²) in [5.41, 5.74) is 6.77. The number of rotatable bonds is 5. The molecule has 0 aliphatic rings. The predicted molar refractivity (Wildman–Crippen MR) is 75.2 cm³/mol. The zero-order valence-electron chi connectivity index (χ0n) is 12.4. The highest BCUT2D eigenvalue weighted by molar-refractivity contribution is 5.82. The molecule has 1 heterocycles. The van der Waals surface area contributed by atoms with E-state index in [9.17, 15) is 4.79 Å². The molecule has 2 unspecified atom stereocenters. The van der Waals surface area contributed by atoms with E-state index in [2.05, 4.69) is 9.97 Å². The van der Waals surface area contributed by atoms with Gasteiger partial charge in [0.2, 0.25) is 5.91 Å². The van der Waals surface area contributed by atoms with Gasteiger partial charge in [0.25, 0.3) is 0 Å². The third-order valence-electron chi connectivity index (χ3n) is 3.24. The highest BCUT2D eigenvalue weighted by atomic mass is 16.2. The molecule has 0 saturated heterocycles. The van der Waals surface area contributed by atoms with Gasteiger partial charge in [-0.1, -0.05) is 13.8 Å². The van der Waals surface area contributed by atoms with E-state index in [0.717, 1.165) is 5.69 Å². The molecule has 106 valence electrons. The third kappa shape index (κ3) is 3.73. The second-order valence-corrected chi connectivity index (χ2v) is 5.42. The van der Waals surface area contributed by atoms with E-state index in [0.29, 0.717) is 0 Å². The highest BCUT2D eigenvalue weighted by Crippen LogP contribution is 2.22. The number of hydrogen-bond donors (Lipinski definition) is 1. The Morgan fingerprint density at radius 3 is 2.26 bits per heavy atom. The molecule has 0 radical (unpaired) electrons. The maximum Gasteiger partial charge on any atom is 0.240 e. The third-order valence-corrected chi connectivity index (χ3v) is 3.24. The standard InChI is InChI=1S/C14H24N4O/c1-9(2)13(15)14(19)18(10(3)4)11(5)12-8-16-6-7-17-12/h6-11,13H,15H2,1-5H3. The molecule has 0 aromatic carbocycles. The van der Waals surface area contributed by atoms with E-state index in [4.69, 9.17) is 5.73 Å². The van der Waals surface area contributed by atoms with E-state index < -0.39 is 6.04 Å². The van der Waals surface area contributed by atoms with Crippen molar-refractivity contribution < 1.29 is 4.79 Å². The molecule has 0 aliphatic heterocycles. The molecule has 5 nitrogen and oxygen atoms in total. The van der Waals surface area contributed by atoms with Crippen LogP contribution in [0.1, 0.15) is 46.4 Å². The van der Waals surface area contributed by atoms with E-state index in [-0.39, 0.29) is 23.9 Å². The molecule has 2 N–H and O–H groups in total. The van der Waals surface area contributed by atoms with E-state index >= 15 is 0 Å². The van der Waals surface area contributed by atoms with Crippen molar-refractivity contribution in [3.63, 3.8) is 0 Å². The Hall–Kier alpha value is -1.49. The lowest BCUT2D eigenvalue weighted by atomic mass is 10.0. The lowest BCUT2D eigenvalue weighted by Crippen LogP contribution is -2.50. The minimum atomic E-state index is -0.485.